The van der Waals surface area contributed by atoms with E-state index in [4.69, 9.17) is 0 Å². The van der Waals surface area contributed by atoms with E-state index in [0.717, 1.165) is 0 Å². The van der Waals surface area contributed by atoms with E-state index in [9.17, 15) is 36.0 Å². The van der Waals surface area contributed by atoms with Crippen LogP contribution in [0.25, 0.3) is 16.8 Å². The number of halogens is 3. The highest BCUT2D eigenvalue weighted by molar-refractivity contribution is 7.87. The van der Waals surface area contributed by atoms with Gasteiger partial charge in [0.15, 0.2) is 0 Å². The van der Waals surface area contributed by atoms with Crippen LogP contribution in [-0.2, 0) is 19.2 Å². The van der Waals surface area contributed by atoms with Gasteiger partial charge in [-0.05, 0) is 29.2 Å². The normalized spacial score (nSPS) is 14.6. The zero-order valence-electron chi connectivity index (χ0n) is 15.4. The van der Waals surface area contributed by atoms with Gasteiger partial charge in [0, 0.05) is 25.6 Å². The number of imide groups is 1. The van der Waals surface area contributed by atoms with E-state index in [2.05, 4.69) is 4.28 Å². The Kier molecular flexibility index (Phi) is 5.16. The van der Waals surface area contributed by atoms with Gasteiger partial charge in [-0.15, -0.1) is 9.35 Å². The molecule has 0 aromatic heterocycles. The highest BCUT2D eigenvalue weighted by atomic mass is 32.2. The van der Waals surface area contributed by atoms with Gasteiger partial charge in [0.05, 0.1) is 11.1 Å². The van der Waals surface area contributed by atoms with Gasteiger partial charge >= 0.3 is 15.6 Å². The molecule has 1 heterocycles. The van der Waals surface area contributed by atoms with Gasteiger partial charge in [-0.3, -0.25) is 14.4 Å². The highest BCUT2D eigenvalue weighted by Gasteiger charge is 2.51. The molecule has 0 fully saturated rings. The van der Waals surface area contributed by atoms with E-state index in [1.807, 2.05) is 0 Å². The number of rotatable bonds is 4. The molecule has 8 nitrogen and oxygen atoms in total. The van der Waals surface area contributed by atoms with Crippen LogP contribution in [0.1, 0.15) is 26.3 Å². The van der Waals surface area contributed by atoms with Crippen molar-refractivity contribution in [3.05, 3.63) is 53.1 Å². The predicted octanol–water partition coefficient (Wildman–Crippen LogP) is 2.32. The predicted molar refractivity (Wildman–Crippen MR) is 98.2 cm³/mol. The number of hydrogen-bond acceptors (Lipinski definition) is 6. The molecule has 1 aliphatic rings. The average Bonchev–Trinajstić information content (AvgIpc) is 2.66. The van der Waals surface area contributed by atoms with Crippen LogP contribution in [0.2, 0.25) is 0 Å². The third-order valence-corrected chi connectivity index (χ3v) is 5.12. The second-order valence-electron chi connectivity index (χ2n) is 6.38. The SMILES string of the molecule is CN(C)C(=O)/C=C/c1ccc2c3c(cccc13)C(=O)N(OS(=O)(=O)C(F)(F)F)C2=O. The van der Waals surface area contributed by atoms with Crippen LogP contribution in [0.4, 0.5) is 13.2 Å². The van der Waals surface area contributed by atoms with Gasteiger partial charge in [-0.25, -0.2) is 0 Å². The van der Waals surface area contributed by atoms with E-state index in [-0.39, 0.29) is 22.4 Å². The van der Waals surface area contributed by atoms with Crippen LogP contribution < -0.4 is 0 Å². The molecule has 12 heteroatoms. The van der Waals surface area contributed by atoms with E-state index in [0.29, 0.717) is 10.9 Å². The van der Waals surface area contributed by atoms with Crippen LogP contribution >= 0.6 is 0 Å². The summed E-state index contributed by atoms with van der Waals surface area (Å²) in [6, 6.07) is 6.78. The fourth-order valence-corrected chi connectivity index (χ4v) is 3.18. The molecule has 0 atom stereocenters. The van der Waals surface area contributed by atoms with E-state index in [1.165, 1.54) is 41.3 Å². The molecule has 0 unspecified atom stereocenters. The molecule has 2 aromatic rings. The van der Waals surface area contributed by atoms with Gasteiger partial charge in [-0.1, -0.05) is 18.2 Å². The molecule has 30 heavy (non-hydrogen) atoms. The average molecular weight is 442 g/mol. The molecule has 2 aromatic carbocycles. The number of benzene rings is 2. The first-order valence-electron chi connectivity index (χ1n) is 8.20. The Bertz CT molecular complexity index is 1200. The lowest BCUT2D eigenvalue weighted by Crippen LogP contribution is -2.44. The summed E-state index contributed by atoms with van der Waals surface area (Å²) in [5, 5.41) is 0.0504. The monoisotopic (exact) mass is 442 g/mol. The minimum Gasteiger partial charge on any atom is -0.345 e. The van der Waals surface area contributed by atoms with Gasteiger partial charge in [0.1, 0.15) is 0 Å². The Morgan fingerprint density at radius 2 is 1.67 bits per heavy atom. The molecule has 0 aliphatic carbocycles. The first-order chi connectivity index (χ1) is 13.8. The van der Waals surface area contributed by atoms with Crippen molar-refractivity contribution in [2.24, 2.45) is 0 Å². The second kappa shape index (κ2) is 7.22. The standard InChI is InChI=1S/C18H13F3N2O6S/c1-22(2)14(24)9-7-10-6-8-13-15-11(10)4-3-5-12(15)16(25)23(17(13)26)29-30(27,28)18(19,20)21/h3-9H,1-2H3/b9-7+. The molecule has 1 aliphatic heterocycles. The lowest BCUT2D eigenvalue weighted by atomic mass is 9.92. The second-order valence-corrected chi connectivity index (χ2v) is 7.90. The molecule has 0 saturated carbocycles. The van der Waals surface area contributed by atoms with Crippen LogP contribution in [0.5, 0.6) is 0 Å². The molecule has 0 bridgehead atoms. The molecule has 0 spiro atoms. The van der Waals surface area contributed by atoms with Crippen molar-refractivity contribution in [2.45, 2.75) is 5.51 Å². The summed E-state index contributed by atoms with van der Waals surface area (Å²) < 4.78 is 64.3. The Morgan fingerprint density at radius 1 is 1.07 bits per heavy atom. The molecule has 3 amide bonds. The Balaban J connectivity index is 2.12. The number of hydrogen-bond donors (Lipinski definition) is 0. The van der Waals surface area contributed by atoms with Gasteiger partial charge in [0.2, 0.25) is 5.91 Å². The van der Waals surface area contributed by atoms with Crippen molar-refractivity contribution in [3.63, 3.8) is 0 Å². The zero-order chi connectivity index (χ0) is 22.4. The quantitative estimate of drug-likeness (QED) is 0.409. The van der Waals surface area contributed by atoms with Crippen LogP contribution in [0, 0.1) is 0 Å². The molecule has 3 rings (SSSR count). The maximum atomic E-state index is 12.6. The Labute approximate surface area is 168 Å². The Hall–Kier alpha value is -3.25. The molecular formula is C18H13F3N2O6S. The van der Waals surface area contributed by atoms with Crippen molar-refractivity contribution < 1.29 is 40.3 Å². The summed E-state index contributed by atoms with van der Waals surface area (Å²) in [6.07, 6.45) is 2.72. The first-order valence-corrected chi connectivity index (χ1v) is 9.60. The summed E-state index contributed by atoms with van der Waals surface area (Å²) >= 11 is 0. The smallest absolute Gasteiger partial charge is 0.345 e. The number of likely N-dealkylation sites (N-methyl/N-ethyl adjacent to an activating group) is 1. The number of nitrogens with zero attached hydrogens (tertiary/aromatic N) is 2. The van der Waals surface area contributed by atoms with Crippen LogP contribution in [0.15, 0.2) is 36.4 Å². The number of hydroxylamine groups is 2. The summed E-state index contributed by atoms with van der Waals surface area (Å²) in [7, 11) is -3.14. The minimum absolute atomic E-state index is 0.108. The largest absolute Gasteiger partial charge is 0.525 e. The number of carbonyl (C=O) groups excluding carboxylic acids is 3. The maximum Gasteiger partial charge on any atom is 0.525 e. The molecule has 0 radical (unpaired) electrons. The van der Waals surface area contributed by atoms with Crippen LogP contribution in [-0.4, -0.2) is 55.7 Å². The number of amides is 3. The molecular weight excluding hydrogens is 429 g/mol. The third kappa shape index (κ3) is 3.55. The van der Waals surface area contributed by atoms with E-state index >= 15 is 0 Å². The summed E-state index contributed by atoms with van der Waals surface area (Å²) in [5.74, 6) is -3.05. The van der Waals surface area contributed by atoms with Crippen molar-refractivity contribution in [1.82, 2.24) is 9.96 Å². The van der Waals surface area contributed by atoms with Crippen molar-refractivity contribution in [1.29, 1.82) is 0 Å². The summed E-state index contributed by atoms with van der Waals surface area (Å²) in [4.78, 5) is 38.2. The Morgan fingerprint density at radius 3 is 2.23 bits per heavy atom. The van der Waals surface area contributed by atoms with E-state index in [1.54, 1.807) is 20.2 Å². The summed E-state index contributed by atoms with van der Waals surface area (Å²) in [5.41, 5.74) is -5.82. The maximum absolute atomic E-state index is 12.6. The van der Waals surface area contributed by atoms with Gasteiger partial charge in [0.25, 0.3) is 11.8 Å². The fraction of sp³-hybridized carbons (Fsp3) is 0.167. The van der Waals surface area contributed by atoms with Gasteiger partial charge < -0.3 is 4.90 Å². The topological polar surface area (TPSA) is 101 Å². The highest BCUT2D eigenvalue weighted by Crippen LogP contribution is 2.34. The van der Waals surface area contributed by atoms with Gasteiger partial charge in [-0.2, -0.15) is 21.6 Å². The van der Waals surface area contributed by atoms with Crippen molar-refractivity contribution in [3.8, 4) is 0 Å². The minimum atomic E-state index is -6.24. The molecule has 0 N–H and O–H groups in total. The fourth-order valence-electron chi connectivity index (χ4n) is 2.76. The zero-order valence-corrected chi connectivity index (χ0v) is 16.2. The molecule has 158 valence electrons. The third-order valence-electron chi connectivity index (χ3n) is 4.21. The summed E-state index contributed by atoms with van der Waals surface area (Å²) in [6.45, 7) is 0. The lowest BCUT2D eigenvalue weighted by molar-refractivity contribution is -0.123. The number of carbonyl (C=O) groups is 3. The first kappa shape index (κ1) is 21.5. The number of alkyl halides is 3. The molecule has 0 saturated heterocycles. The van der Waals surface area contributed by atoms with Crippen molar-refractivity contribution in [2.75, 3.05) is 14.1 Å². The van der Waals surface area contributed by atoms with E-state index < -0.39 is 32.5 Å². The lowest BCUT2D eigenvalue weighted by Gasteiger charge is -2.26. The van der Waals surface area contributed by atoms with Crippen LogP contribution in [0.3, 0.4) is 0 Å². The van der Waals surface area contributed by atoms with Crippen molar-refractivity contribution >= 4 is 44.7 Å².